The molecule has 0 bridgehead atoms. The van der Waals surface area contributed by atoms with Crippen LogP contribution in [0.2, 0.25) is 5.02 Å². The molecular formula is C31H33ClN4O2. The molecule has 1 amide bonds. The highest BCUT2D eigenvalue weighted by Crippen LogP contribution is 2.29. The first kappa shape index (κ1) is 26.2. The normalized spacial score (nSPS) is 16.9. The number of fused-ring (bicyclic) bond motifs is 1. The fraction of sp³-hybridized carbons (Fsp3) is 0.290. The zero-order valence-corrected chi connectivity index (χ0v) is 22.5. The Morgan fingerprint density at radius 3 is 2.45 bits per heavy atom. The number of aromatic nitrogens is 1. The average molecular weight is 529 g/mol. The maximum absolute atomic E-state index is 14.2. The predicted molar refractivity (Wildman–Crippen MR) is 154 cm³/mol. The Labute approximate surface area is 228 Å². The minimum atomic E-state index is -0.221. The van der Waals surface area contributed by atoms with Crippen LogP contribution in [0.25, 0.3) is 16.5 Å². The average Bonchev–Trinajstić information content (AvgIpc) is 2.93. The summed E-state index contributed by atoms with van der Waals surface area (Å²) in [5.41, 5.74) is 2.69. The summed E-state index contributed by atoms with van der Waals surface area (Å²) in [7, 11) is 0. The number of hydrogen-bond acceptors (Lipinski definition) is 4. The van der Waals surface area contributed by atoms with E-state index in [1.165, 1.54) is 0 Å². The van der Waals surface area contributed by atoms with Crippen LogP contribution in [0.1, 0.15) is 47.9 Å². The topological polar surface area (TPSA) is 66.4 Å². The van der Waals surface area contributed by atoms with Gasteiger partial charge in [0.2, 0.25) is 0 Å². The zero-order chi connectivity index (χ0) is 26.6. The van der Waals surface area contributed by atoms with Gasteiger partial charge >= 0.3 is 0 Å². The molecule has 1 aliphatic heterocycles. The smallest absolute Gasteiger partial charge is 0.264 e. The lowest BCUT2D eigenvalue weighted by molar-refractivity contribution is 0.0933. The standard InChI is InChI=1S/C31H33ClN4O2/c1-3-26(22-11-6-4-7-12-22)34-30(37)29-24-15-10-16-25(32)28(24)31(38)36(23-13-8-5-9-14-23)27(29)20-35-18-17-33-21(2)19-35/h4-16,21,26,33H,3,17-20H2,1-2H3,(H,34,37)/t21-,26-/m0/s1. The fourth-order valence-corrected chi connectivity index (χ4v) is 5.66. The molecule has 0 radical (unpaired) electrons. The third-order valence-corrected chi connectivity index (χ3v) is 7.56. The molecule has 2 N–H and O–H groups in total. The fourth-order valence-electron chi connectivity index (χ4n) is 5.41. The van der Waals surface area contributed by atoms with Crippen molar-refractivity contribution in [2.45, 2.75) is 38.9 Å². The van der Waals surface area contributed by atoms with Gasteiger partial charge < -0.3 is 10.6 Å². The third-order valence-electron chi connectivity index (χ3n) is 7.24. The Kier molecular flexibility index (Phi) is 7.93. The number of pyridine rings is 1. The van der Waals surface area contributed by atoms with Gasteiger partial charge in [-0.2, -0.15) is 0 Å². The molecule has 1 fully saturated rings. The van der Waals surface area contributed by atoms with E-state index in [4.69, 9.17) is 11.6 Å². The van der Waals surface area contributed by atoms with E-state index in [9.17, 15) is 9.59 Å². The van der Waals surface area contributed by atoms with Crippen LogP contribution in [0.5, 0.6) is 0 Å². The first-order chi connectivity index (χ1) is 18.5. The first-order valence-electron chi connectivity index (χ1n) is 13.2. The number of nitrogens with one attached hydrogen (secondary N) is 2. The van der Waals surface area contributed by atoms with E-state index in [1.54, 1.807) is 16.7 Å². The molecular weight excluding hydrogens is 496 g/mol. The van der Waals surface area contributed by atoms with Gasteiger partial charge in [-0.1, -0.05) is 79.2 Å². The van der Waals surface area contributed by atoms with Crippen molar-refractivity contribution >= 4 is 28.3 Å². The summed E-state index contributed by atoms with van der Waals surface area (Å²) in [4.78, 5) is 30.6. The van der Waals surface area contributed by atoms with Crippen molar-refractivity contribution in [2.24, 2.45) is 0 Å². The molecule has 2 atom stereocenters. The molecule has 1 aromatic heterocycles. The van der Waals surface area contributed by atoms with Crippen LogP contribution in [-0.2, 0) is 6.54 Å². The number of amides is 1. The van der Waals surface area contributed by atoms with Crippen LogP contribution in [0.15, 0.2) is 83.7 Å². The number of carbonyl (C=O) groups excluding carboxylic acids is 1. The lowest BCUT2D eigenvalue weighted by Gasteiger charge is -2.33. The van der Waals surface area contributed by atoms with Gasteiger partial charge in [0.1, 0.15) is 0 Å². The third kappa shape index (κ3) is 5.25. The van der Waals surface area contributed by atoms with Crippen molar-refractivity contribution in [3.63, 3.8) is 0 Å². The van der Waals surface area contributed by atoms with Gasteiger partial charge in [0.05, 0.1) is 27.7 Å². The molecule has 0 spiro atoms. The van der Waals surface area contributed by atoms with E-state index in [0.717, 1.165) is 31.6 Å². The van der Waals surface area contributed by atoms with Crippen molar-refractivity contribution < 1.29 is 4.79 Å². The van der Waals surface area contributed by atoms with E-state index >= 15 is 0 Å². The molecule has 6 nitrogen and oxygen atoms in total. The molecule has 2 heterocycles. The molecule has 1 saturated heterocycles. The minimum Gasteiger partial charge on any atom is -0.345 e. The Balaban J connectivity index is 1.73. The molecule has 4 aromatic rings. The number of para-hydroxylation sites is 1. The van der Waals surface area contributed by atoms with Gasteiger partial charge in [-0.3, -0.25) is 19.1 Å². The van der Waals surface area contributed by atoms with Crippen LogP contribution < -0.4 is 16.2 Å². The molecule has 38 heavy (non-hydrogen) atoms. The summed E-state index contributed by atoms with van der Waals surface area (Å²) in [6.45, 7) is 7.16. The molecule has 196 valence electrons. The van der Waals surface area contributed by atoms with Crippen LogP contribution in [0, 0.1) is 0 Å². The van der Waals surface area contributed by atoms with Crippen molar-refractivity contribution in [3.05, 3.63) is 111 Å². The minimum absolute atomic E-state index is 0.165. The second-order valence-electron chi connectivity index (χ2n) is 9.90. The van der Waals surface area contributed by atoms with Crippen LogP contribution in [0.4, 0.5) is 0 Å². The summed E-state index contributed by atoms with van der Waals surface area (Å²) in [6.07, 6.45) is 0.734. The summed E-state index contributed by atoms with van der Waals surface area (Å²) in [6, 6.07) is 25.0. The Morgan fingerprint density at radius 2 is 1.76 bits per heavy atom. The highest BCUT2D eigenvalue weighted by atomic mass is 35.5. The zero-order valence-electron chi connectivity index (χ0n) is 21.8. The van der Waals surface area contributed by atoms with Crippen molar-refractivity contribution in [3.8, 4) is 5.69 Å². The predicted octanol–water partition coefficient (Wildman–Crippen LogP) is 5.32. The van der Waals surface area contributed by atoms with Gasteiger partial charge in [0.25, 0.3) is 11.5 Å². The summed E-state index contributed by atoms with van der Waals surface area (Å²) < 4.78 is 1.68. The number of piperazine rings is 1. The van der Waals surface area contributed by atoms with E-state index in [2.05, 4.69) is 29.4 Å². The maximum Gasteiger partial charge on any atom is 0.264 e. The van der Waals surface area contributed by atoms with E-state index in [1.807, 2.05) is 66.7 Å². The second-order valence-corrected chi connectivity index (χ2v) is 10.3. The van der Waals surface area contributed by atoms with Crippen molar-refractivity contribution in [2.75, 3.05) is 19.6 Å². The Hall–Kier alpha value is -3.45. The van der Waals surface area contributed by atoms with Crippen molar-refractivity contribution in [1.29, 1.82) is 0 Å². The maximum atomic E-state index is 14.2. The molecule has 0 aliphatic carbocycles. The quantitative estimate of drug-likeness (QED) is 0.341. The SMILES string of the molecule is CC[C@H](NC(=O)c1c(CN2CCN[C@@H](C)C2)n(-c2ccccc2)c(=O)c2c(Cl)cccc12)c1ccccc1. The van der Waals surface area contributed by atoms with Gasteiger partial charge in [0, 0.05) is 43.3 Å². The second kappa shape index (κ2) is 11.5. The number of rotatable bonds is 7. The monoisotopic (exact) mass is 528 g/mol. The largest absolute Gasteiger partial charge is 0.345 e. The molecule has 5 rings (SSSR count). The number of nitrogens with zero attached hydrogens (tertiary/aromatic N) is 2. The number of hydrogen-bond donors (Lipinski definition) is 2. The summed E-state index contributed by atoms with van der Waals surface area (Å²) >= 11 is 6.63. The van der Waals surface area contributed by atoms with Gasteiger partial charge in [0.15, 0.2) is 0 Å². The molecule has 0 unspecified atom stereocenters. The lowest BCUT2D eigenvalue weighted by atomic mass is 9.99. The first-order valence-corrected chi connectivity index (χ1v) is 13.6. The number of carbonyl (C=O) groups is 1. The number of benzene rings is 3. The highest BCUT2D eigenvalue weighted by molar-refractivity contribution is 6.36. The number of halogens is 1. The lowest BCUT2D eigenvalue weighted by Crippen LogP contribution is -2.49. The van der Waals surface area contributed by atoms with E-state index in [0.29, 0.717) is 45.3 Å². The van der Waals surface area contributed by atoms with E-state index in [-0.39, 0.29) is 17.5 Å². The van der Waals surface area contributed by atoms with Gasteiger partial charge in [-0.25, -0.2) is 0 Å². The van der Waals surface area contributed by atoms with Gasteiger partial charge in [-0.15, -0.1) is 0 Å². The molecule has 3 aromatic carbocycles. The van der Waals surface area contributed by atoms with Gasteiger partial charge in [-0.05, 0) is 37.1 Å². The van der Waals surface area contributed by atoms with E-state index < -0.39 is 0 Å². The summed E-state index contributed by atoms with van der Waals surface area (Å²) in [5.74, 6) is -0.212. The molecule has 1 aliphatic rings. The van der Waals surface area contributed by atoms with Crippen molar-refractivity contribution in [1.82, 2.24) is 20.1 Å². The van der Waals surface area contributed by atoms with Crippen LogP contribution in [-0.4, -0.2) is 41.1 Å². The highest BCUT2D eigenvalue weighted by Gasteiger charge is 2.28. The van der Waals surface area contributed by atoms with Crippen LogP contribution >= 0.6 is 11.6 Å². The molecule has 7 heteroatoms. The van der Waals surface area contributed by atoms with Crippen LogP contribution in [0.3, 0.4) is 0 Å². The summed E-state index contributed by atoms with van der Waals surface area (Å²) in [5, 5.41) is 8.01. The Morgan fingerprint density at radius 1 is 1.05 bits per heavy atom. The Bertz CT molecular complexity index is 1490. The molecule has 0 saturated carbocycles.